The van der Waals surface area contributed by atoms with Gasteiger partial charge in [-0.1, -0.05) is 67.9 Å². The minimum atomic E-state index is -0.404. The molecule has 3 aromatic carbocycles. The number of carbonyl (C=O) groups is 3. The Kier molecular flexibility index (Phi) is 14.4. The highest BCUT2D eigenvalue weighted by molar-refractivity contribution is 6.28. The number of ketones is 2. The third-order valence-electron chi connectivity index (χ3n) is 6.56. The van der Waals surface area contributed by atoms with Crippen LogP contribution in [-0.4, -0.2) is 62.3 Å². The van der Waals surface area contributed by atoms with Gasteiger partial charge in [0.2, 0.25) is 0 Å². The van der Waals surface area contributed by atoms with Gasteiger partial charge in [0.1, 0.15) is 5.78 Å². The minimum Gasteiger partial charge on any atom is -0.465 e. The number of piperazine rings is 1. The minimum absolute atomic E-state index is 0.0672. The van der Waals surface area contributed by atoms with E-state index in [1.54, 1.807) is 32.0 Å². The zero-order valence-corrected chi connectivity index (χ0v) is 26.0. The Morgan fingerprint density at radius 3 is 2.00 bits per heavy atom. The first-order chi connectivity index (χ1) is 20.2. The number of nitrogens with zero attached hydrogens (tertiary/aromatic N) is 1. The van der Waals surface area contributed by atoms with Crippen molar-refractivity contribution in [1.82, 2.24) is 10.2 Å². The summed E-state index contributed by atoms with van der Waals surface area (Å²) in [5.74, 6) is -0.205. The molecule has 1 heterocycles. The van der Waals surface area contributed by atoms with E-state index >= 15 is 0 Å². The molecule has 7 nitrogen and oxygen atoms in total. The molecule has 1 fully saturated rings. The standard InChI is InChI=1S/C26H25NO3.C7H14N2O.C2H6/c1-17-10-13-22(14-11-17)27-25(20-8-6-5-7-9-20)24(19(3)28)23-15-12-21(16-18(23)2)26(29)30-4;1-7(10)6-9-4-2-8-3-5-9;1-2/h5-16,27H,1-4H3;8H,2-6H2,1H3;1-2H3/b25-24+;;. The largest absolute Gasteiger partial charge is 0.465 e. The quantitative estimate of drug-likeness (QED) is 0.190. The smallest absolute Gasteiger partial charge is 0.337 e. The van der Waals surface area contributed by atoms with Crippen molar-refractivity contribution in [2.75, 3.05) is 45.2 Å². The number of hydrogen-bond donors (Lipinski definition) is 2. The summed E-state index contributed by atoms with van der Waals surface area (Å²) in [6, 6.07) is 23.0. The second kappa shape index (κ2) is 17.7. The van der Waals surface area contributed by atoms with Crippen LogP contribution in [0.4, 0.5) is 5.69 Å². The molecule has 0 spiro atoms. The van der Waals surface area contributed by atoms with Gasteiger partial charge in [-0.25, -0.2) is 4.79 Å². The molecular weight excluding hydrogens is 526 g/mol. The van der Waals surface area contributed by atoms with E-state index in [1.807, 2.05) is 82.3 Å². The number of carbonyl (C=O) groups excluding carboxylic acids is 3. The number of esters is 1. The molecule has 3 aromatic rings. The van der Waals surface area contributed by atoms with E-state index in [1.165, 1.54) is 7.11 Å². The summed E-state index contributed by atoms with van der Waals surface area (Å²) < 4.78 is 4.81. The Hall–Kier alpha value is -4.07. The molecule has 0 atom stereocenters. The number of Topliss-reactive ketones (excluding diaryl/α,β-unsaturated/α-hetero) is 2. The molecule has 1 aliphatic rings. The summed E-state index contributed by atoms with van der Waals surface area (Å²) in [7, 11) is 1.35. The van der Waals surface area contributed by atoms with Gasteiger partial charge in [-0.3, -0.25) is 14.5 Å². The fourth-order valence-corrected chi connectivity index (χ4v) is 4.54. The fraction of sp³-hybridized carbons (Fsp3) is 0.343. The fourth-order valence-electron chi connectivity index (χ4n) is 4.54. The molecule has 1 saturated heterocycles. The normalized spacial score (nSPS) is 13.3. The molecular formula is C35H45N3O4. The Labute approximate surface area is 251 Å². The Morgan fingerprint density at radius 2 is 1.48 bits per heavy atom. The summed E-state index contributed by atoms with van der Waals surface area (Å²) >= 11 is 0. The van der Waals surface area contributed by atoms with Gasteiger partial charge in [0.05, 0.1) is 24.9 Å². The van der Waals surface area contributed by atoms with Gasteiger partial charge in [0.15, 0.2) is 5.78 Å². The van der Waals surface area contributed by atoms with Crippen molar-refractivity contribution in [2.24, 2.45) is 0 Å². The molecule has 0 amide bonds. The molecule has 0 unspecified atom stereocenters. The van der Waals surface area contributed by atoms with E-state index in [2.05, 4.69) is 15.5 Å². The van der Waals surface area contributed by atoms with E-state index in [-0.39, 0.29) is 11.6 Å². The van der Waals surface area contributed by atoms with Crippen LogP contribution in [0.2, 0.25) is 0 Å². The van der Waals surface area contributed by atoms with Crippen LogP contribution >= 0.6 is 0 Å². The summed E-state index contributed by atoms with van der Waals surface area (Å²) in [5.41, 5.74) is 6.29. The highest BCUT2D eigenvalue weighted by Gasteiger charge is 2.19. The third kappa shape index (κ3) is 10.4. The van der Waals surface area contributed by atoms with Gasteiger partial charge < -0.3 is 15.4 Å². The van der Waals surface area contributed by atoms with Crippen LogP contribution in [-0.2, 0) is 14.3 Å². The number of anilines is 1. The number of ether oxygens (including phenoxy) is 1. The summed E-state index contributed by atoms with van der Waals surface area (Å²) in [5, 5.41) is 6.68. The van der Waals surface area contributed by atoms with E-state index in [0.29, 0.717) is 17.7 Å². The highest BCUT2D eigenvalue weighted by atomic mass is 16.5. The summed E-state index contributed by atoms with van der Waals surface area (Å²) in [6.07, 6.45) is 0. The molecule has 0 bridgehead atoms. The number of aryl methyl sites for hydroxylation is 2. The second-order valence-electron chi connectivity index (χ2n) is 9.91. The third-order valence-corrected chi connectivity index (χ3v) is 6.56. The maximum Gasteiger partial charge on any atom is 0.337 e. The van der Waals surface area contributed by atoms with Gasteiger partial charge in [0.25, 0.3) is 0 Å². The lowest BCUT2D eigenvalue weighted by Crippen LogP contribution is -2.45. The molecule has 2 N–H and O–H groups in total. The van der Waals surface area contributed by atoms with Crippen LogP contribution in [0, 0.1) is 13.8 Å². The van der Waals surface area contributed by atoms with E-state index < -0.39 is 5.97 Å². The second-order valence-corrected chi connectivity index (χ2v) is 9.91. The first-order valence-electron chi connectivity index (χ1n) is 14.5. The van der Waals surface area contributed by atoms with Crippen LogP contribution in [0.3, 0.4) is 0 Å². The van der Waals surface area contributed by atoms with Crippen molar-refractivity contribution in [3.63, 3.8) is 0 Å². The molecule has 0 aliphatic carbocycles. The SMILES string of the molecule is CC.CC(=O)CN1CCNCC1.COC(=O)c1ccc(/C(C(C)=O)=C(/Nc2ccc(C)cc2)c2ccccc2)c(C)c1. The number of hydrogen-bond acceptors (Lipinski definition) is 7. The lowest BCUT2D eigenvalue weighted by atomic mass is 9.92. The Morgan fingerprint density at radius 1 is 0.857 bits per heavy atom. The molecule has 0 radical (unpaired) electrons. The van der Waals surface area contributed by atoms with E-state index in [4.69, 9.17) is 4.74 Å². The van der Waals surface area contributed by atoms with Crippen LogP contribution < -0.4 is 10.6 Å². The number of methoxy groups -OCH3 is 1. The summed E-state index contributed by atoms with van der Waals surface area (Å²) in [4.78, 5) is 37.6. The maximum absolute atomic E-state index is 12.8. The number of allylic oxidation sites excluding steroid dienone is 1. The molecule has 0 saturated carbocycles. The van der Waals surface area contributed by atoms with Gasteiger partial charge in [0, 0.05) is 37.4 Å². The van der Waals surface area contributed by atoms with Crippen LogP contribution in [0.1, 0.15) is 60.3 Å². The molecule has 7 heteroatoms. The zero-order valence-electron chi connectivity index (χ0n) is 26.0. The van der Waals surface area contributed by atoms with Crippen molar-refractivity contribution in [3.05, 3.63) is 101 Å². The van der Waals surface area contributed by atoms with Gasteiger partial charge in [-0.15, -0.1) is 0 Å². The number of benzene rings is 3. The summed E-state index contributed by atoms with van der Waals surface area (Å²) in [6.45, 7) is 15.8. The van der Waals surface area contributed by atoms with E-state index in [9.17, 15) is 14.4 Å². The first kappa shape index (κ1) is 34.1. The van der Waals surface area contributed by atoms with E-state index in [0.717, 1.165) is 59.8 Å². The molecule has 4 rings (SSSR count). The molecule has 224 valence electrons. The lowest BCUT2D eigenvalue weighted by molar-refractivity contribution is -0.118. The lowest BCUT2D eigenvalue weighted by Gasteiger charge is -2.25. The van der Waals surface area contributed by atoms with Crippen molar-refractivity contribution in [2.45, 2.75) is 41.5 Å². The monoisotopic (exact) mass is 571 g/mol. The van der Waals surface area contributed by atoms with Crippen molar-refractivity contribution < 1.29 is 19.1 Å². The topological polar surface area (TPSA) is 87.7 Å². The van der Waals surface area contributed by atoms with Crippen LogP contribution in [0.5, 0.6) is 0 Å². The maximum atomic E-state index is 12.8. The Balaban J connectivity index is 0.000000431. The van der Waals surface area contributed by atoms with Gasteiger partial charge >= 0.3 is 5.97 Å². The van der Waals surface area contributed by atoms with Crippen molar-refractivity contribution in [3.8, 4) is 0 Å². The predicted octanol–water partition coefficient (Wildman–Crippen LogP) is 6.17. The average molecular weight is 572 g/mol. The zero-order chi connectivity index (χ0) is 31.1. The highest BCUT2D eigenvalue weighted by Crippen LogP contribution is 2.31. The van der Waals surface area contributed by atoms with Gasteiger partial charge in [-0.2, -0.15) is 0 Å². The predicted molar refractivity (Wildman–Crippen MR) is 173 cm³/mol. The average Bonchev–Trinajstić information content (AvgIpc) is 3.00. The molecule has 1 aliphatic heterocycles. The first-order valence-corrected chi connectivity index (χ1v) is 14.5. The number of rotatable bonds is 8. The molecule has 0 aromatic heterocycles. The number of nitrogens with one attached hydrogen (secondary N) is 2. The van der Waals surface area contributed by atoms with Crippen LogP contribution in [0.25, 0.3) is 11.3 Å². The van der Waals surface area contributed by atoms with Gasteiger partial charge in [-0.05, 0) is 68.7 Å². The van der Waals surface area contributed by atoms with Crippen molar-refractivity contribution >= 4 is 34.5 Å². The molecule has 42 heavy (non-hydrogen) atoms. The van der Waals surface area contributed by atoms with Crippen molar-refractivity contribution in [1.29, 1.82) is 0 Å². The van der Waals surface area contributed by atoms with Crippen LogP contribution in [0.15, 0.2) is 72.8 Å². The Bertz CT molecular complexity index is 1340.